The molecule has 0 aliphatic carbocycles. The van der Waals surface area contributed by atoms with Gasteiger partial charge in [0.1, 0.15) is 0 Å². The summed E-state index contributed by atoms with van der Waals surface area (Å²) in [6, 6.07) is 7.65. The van der Waals surface area contributed by atoms with Gasteiger partial charge in [-0.3, -0.25) is 0 Å². The molecule has 0 atom stereocenters. The number of methoxy groups -OCH3 is 1. The van der Waals surface area contributed by atoms with Gasteiger partial charge < -0.3 is 14.6 Å². The number of halogens is 4. The number of hydrogen-bond acceptors (Lipinski definition) is 4. The summed E-state index contributed by atoms with van der Waals surface area (Å²) in [6.07, 6.45) is -4.63. The zero-order valence-electron chi connectivity index (χ0n) is 13.3. The van der Waals surface area contributed by atoms with Gasteiger partial charge in [0.2, 0.25) is 0 Å². The summed E-state index contributed by atoms with van der Waals surface area (Å²) in [4.78, 5) is 12.2. The molecule has 0 bridgehead atoms. The Hall–Kier alpha value is -2.22. The van der Waals surface area contributed by atoms with Gasteiger partial charge in [-0.1, -0.05) is 28.1 Å². The van der Waals surface area contributed by atoms with E-state index in [4.69, 9.17) is 4.74 Å². The molecular weight excluding hydrogens is 405 g/mol. The van der Waals surface area contributed by atoms with E-state index >= 15 is 0 Å². The molecular formula is C17H14BrF3O4. The number of hydrogen-bond donors (Lipinski definition) is 1. The van der Waals surface area contributed by atoms with Crippen molar-refractivity contribution in [3.63, 3.8) is 0 Å². The minimum absolute atomic E-state index is 0.0893. The van der Waals surface area contributed by atoms with Crippen molar-refractivity contribution in [2.75, 3.05) is 13.7 Å². The molecule has 4 nitrogen and oxygen atoms in total. The summed E-state index contributed by atoms with van der Waals surface area (Å²) < 4.78 is 46.8. The third kappa shape index (κ3) is 4.25. The molecule has 0 saturated heterocycles. The Morgan fingerprint density at radius 1 is 1.20 bits per heavy atom. The zero-order chi connectivity index (χ0) is 18.8. The van der Waals surface area contributed by atoms with Gasteiger partial charge in [0.25, 0.3) is 0 Å². The number of carbonyl (C=O) groups excluding carboxylic acids is 1. The predicted molar refractivity (Wildman–Crippen MR) is 88.9 cm³/mol. The van der Waals surface area contributed by atoms with Crippen LogP contribution in [-0.2, 0) is 4.74 Å². The first kappa shape index (κ1) is 19.1. The monoisotopic (exact) mass is 418 g/mol. The van der Waals surface area contributed by atoms with Gasteiger partial charge in [-0.2, -0.15) is 13.2 Å². The Morgan fingerprint density at radius 2 is 1.88 bits per heavy atom. The Balaban J connectivity index is 2.59. The Morgan fingerprint density at radius 3 is 2.48 bits per heavy atom. The molecule has 134 valence electrons. The highest BCUT2D eigenvalue weighted by molar-refractivity contribution is 9.10. The van der Waals surface area contributed by atoms with Crippen LogP contribution in [0, 0.1) is 6.92 Å². The van der Waals surface area contributed by atoms with Crippen LogP contribution in [0.4, 0.5) is 13.2 Å². The van der Waals surface area contributed by atoms with Gasteiger partial charge >= 0.3 is 12.1 Å². The highest BCUT2D eigenvalue weighted by Gasteiger charge is 2.31. The standard InChI is InChI=1S/C17H14BrF3O4/c1-9-4-3-5-10(16(23)25-8-17(19,20)21)13(9)14-11(18)6-7-12(24-2)15(14)22/h3-7,22H,8H2,1-2H3. The smallest absolute Gasteiger partial charge is 0.422 e. The fourth-order valence-corrected chi connectivity index (χ4v) is 2.86. The molecule has 0 spiro atoms. The Bertz CT molecular complexity index is 803. The number of phenolic OH excluding ortho intramolecular Hbond substituents is 1. The minimum Gasteiger partial charge on any atom is -0.504 e. The van der Waals surface area contributed by atoms with Crippen molar-refractivity contribution in [1.29, 1.82) is 0 Å². The lowest BCUT2D eigenvalue weighted by Crippen LogP contribution is -2.20. The van der Waals surface area contributed by atoms with E-state index in [9.17, 15) is 23.1 Å². The summed E-state index contributed by atoms with van der Waals surface area (Å²) in [5.41, 5.74) is 0.980. The maximum Gasteiger partial charge on any atom is 0.422 e. The summed E-state index contributed by atoms with van der Waals surface area (Å²) in [7, 11) is 1.36. The summed E-state index contributed by atoms with van der Waals surface area (Å²) in [5.74, 6) is -1.21. The van der Waals surface area contributed by atoms with Gasteiger partial charge in [0.05, 0.1) is 12.7 Å². The van der Waals surface area contributed by atoms with Gasteiger partial charge in [0, 0.05) is 15.6 Å². The van der Waals surface area contributed by atoms with Crippen molar-refractivity contribution >= 4 is 21.9 Å². The maximum absolute atomic E-state index is 12.3. The minimum atomic E-state index is -4.63. The zero-order valence-corrected chi connectivity index (χ0v) is 14.9. The maximum atomic E-state index is 12.3. The van der Waals surface area contributed by atoms with Crippen LogP contribution < -0.4 is 4.74 Å². The van der Waals surface area contributed by atoms with E-state index in [0.717, 1.165) is 0 Å². The predicted octanol–water partition coefficient (Wildman–Crippen LogP) is 4.86. The van der Waals surface area contributed by atoms with E-state index in [2.05, 4.69) is 20.7 Å². The van der Waals surface area contributed by atoms with Crippen molar-refractivity contribution in [2.45, 2.75) is 13.1 Å². The van der Waals surface area contributed by atoms with E-state index in [-0.39, 0.29) is 28.2 Å². The van der Waals surface area contributed by atoms with Crippen molar-refractivity contribution in [2.24, 2.45) is 0 Å². The second kappa shape index (κ2) is 7.35. The molecule has 0 fully saturated rings. The molecule has 0 unspecified atom stereocenters. The van der Waals surface area contributed by atoms with Crippen molar-refractivity contribution < 1.29 is 32.5 Å². The van der Waals surface area contributed by atoms with Crippen molar-refractivity contribution in [3.05, 3.63) is 45.9 Å². The van der Waals surface area contributed by atoms with E-state index in [1.54, 1.807) is 19.1 Å². The quantitative estimate of drug-likeness (QED) is 0.720. The summed E-state index contributed by atoms with van der Waals surface area (Å²) in [5, 5.41) is 10.4. The average Bonchev–Trinajstić information content (AvgIpc) is 2.53. The molecule has 2 aromatic carbocycles. The molecule has 8 heteroatoms. The number of carbonyl (C=O) groups is 1. The van der Waals surface area contributed by atoms with Crippen LogP contribution in [0.5, 0.6) is 11.5 Å². The van der Waals surface area contributed by atoms with Crippen LogP contribution in [0.25, 0.3) is 11.1 Å². The normalized spacial score (nSPS) is 11.3. The number of esters is 1. The molecule has 0 aliphatic rings. The molecule has 0 aliphatic heterocycles. The van der Waals surface area contributed by atoms with Crippen molar-refractivity contribution in [3.8, 4) is 22.6 Å². The molecule has 0 radical (unpaired) electrons. The largest absolute Gasteiger partial charge is 0.504 e. The van der Waals surface area contributed by atoms with Crippen LogP contribution in [0.3, 0.4) is 0 Å². The van der Waals surface area contributed by atoms with Crippen molar-refractivity contribution in [1.82, 2.24) is 0 Å². The lowest BCUT2D eigenvalue weighted by atomic mass is 9.94. The van der Waals surface area contributed by atoms with Gasteiger partial charge in [-0.15, -0.1) is 0 Å². The highest BCUT2D eigenvalue weighted by Crippen LogP contribution is 2.44. The first-order valence-electron chi connectivity index (χ1n) is 7.05. The molecule has 0 aromatic heterocycles. The van der Waals surface area contributed by atoms with Crippen LogP contribution >= 0.6 is 15.9 Å². The van der Waals surface area contributed by atoms with Crippen LogP contribution in [0.15, 0.2) is 34.8 Å². The number of ether oxygens (including phenoxy) is 2. The fraction of sp³-hybridized carbons (Fsp3) is 0.235. The number of benzene rings is 2. The summed E-state index contributed by atoms with van der Waals surface area (Å²) >= 11 is 3.29. The van der Waals surface area contributed by atoms with Crippen LogP contribution in [0.2, 0.25) is 0 Å². The van der Waals surface area contributed by atoms with Crippen LogP contribution in [-0.4, -0.2) is 31.0 Å². The Kier molecular flexibility index (Phi) is 5.62. The Labute approximate surface area is 150 Å². The molecule has 25 heavy (non-hydrogen) atoms. The number of aromatic hydroxyl groups is 1. The van der Waals surface area contributed by atoms with E-state index in [0.29, 0.717) is 10.0 Å². The number of aryl methyl sites for hydroxylation is 1. The molecule has 2 aromatic rings. The van der Waals surface area contributed by atoms with E-state index in [1.807, 2.05) is 0 Å². The molecule has 1 N–H and O–H groups in total. The molecule has 0 heterocycles. The first-order chi connectivity index (χ1) is 11.7. The van der Waals surface area contributed by atoms with E-state index in [1.165, 1.54) is 25.3 Å². The van der Waals surface area contributed by atoms with Gasteiger partial charge in [-0.05, 0) is 30.7 Å². The molecule has 0 amide bonds. The fourth-order valence-electron chi connectivity index (χ4n) is 2.34. The van der Waals surface area contributed by atoms with Gasteiger partial charge in [0.15, 0.2) is 18.1 Å². The third-order valence-electron chi connectivity index (χ3n) is 3.42. The molecule has 2 rings (SSSR count). The molecule has 0 saturated carbocycles. The summed E-state index contributed by atoms with van der Waals surface area (Å²) in [6.45, 7) is -0.0221. The number of rotatable bonds is 4. The van der Waals surface area contributed by atoms with E-state index < -0.39 is 18.8 Å². The third-order valence-corrected chi connectivity index (χ3v) is 4.08. The topological polar surface area (TPSA) is 55.8 Å². The first-order valence-corrected chi connectivity index (χ1v) is 7.84. The highest BCUT2D eigenvalue weighted by atomic mass is 79.9. The SMILES string of the molecule is COc1ccc(Br)c(-c2c(C)cccc2C(=O)OCC(F)(F)F)c1O. The lowest BCUT2D eigenvalue weighted by Gasteiger charge is -2.17. The van der Waals surface area contributed by atoms with Gasteiger partial charge in [-0.25, -0.2) is 4.79 Å². The second-order valence-corrected chi connectivity index (χ2v) is 6.02. The lowest BCUT2D eigenvalue weighted by molar-refractivity contribution is -0.161. The second-order valence-electron chi connectivity index (χ2n) is 5.16. The average molecular weight is 419 g/mol. The van der Waals surface area contributed by atoms with Crippen LogP contribution in [0.1, 0.15) is 15.9 Å². The number of alkyl halides is 3. The number of phenols is 1.